The molecule has 0 aromatic rings. The highest BCUT2D eigenvalue weighted by atomic mass is 33.0. The zero-order valence-corrected chi connectivity index (χ0v) is 22.6. The van der Waals surface area contributed by atoms with Gasteiger partial charge in [-0.05, 0) is 28.6 Å². The average molecular weight is 465 g/mol. The van der Waals surface area contributed by atoms with Gasteiger partial charge in [0.05, 0.1) is 0 Å². The third-order valence-corrected chi connectivity index (χ3v) is 47.6. The molecule has 0 aromatic carbocycles. The first-order valence-corrected chi connectivity index (χ1v) is 26.5. The highest BCUT2D eigenvalue weighted by molar-refractivity contribution is 8.99. The lowest BCUT2D eigenvalue weighted by Crippen LogP contribution is -1.84. The van der Waals surface area contributed by atoms with Crippen LogP contribution in [0.3, 0.4) is 0 Å². The Hall–Kier alpha value is 6.02. The molecular weight excluding hydrogens is 446 g/mol. The van der Waals surface area contributed by atoms with Gasteiger partial charge >= 0.3 is 0 Å². The van der Waals surface area contributed by atoms with Crippen LogP contribution in [-0.2, 0) is 0 Å². The smallest absolute Gasteiger partial charge is 0.0472 e. The average Bonchev–Trinajstić information content (AvgIpc) is 2.14. The summed E-state index contributed by atoms with van der Waals surface area (Å²) in [7, 11) is 23.3. The molecule has 0 bridgehead atoms. The highest BCUT2D eigenvalue weighted by Crippen LogP contribution is 3.06. The van der Waals surface area contributed by atoms with Crippen molar-refractivity contribution in [3.8, 4) is 0 Å². The molecule has 0 N–H and O–H groups in total. The Morgan fingerprint density at radius 3 is 1.53 bits per heavy atom. The van der Waals surface area contributed by atoms with Crippen molar-refractivity contribution in [2.75, 3.05) is 0 Å². The van der Waals surface area contributed by atoms with Gasteiger partial charge in [-0.15, -0.1) is 71.4 Å². The fraction of sp³-hybridized carbons (Fsp3) is 1.00. The molecule has 0 saturated heterocycles. The third-order valence-electron chi connectivity index (χ3n) is 1.20. The van der Waals surface area contributed by atoms with Crippen LogP contribution in [0.2, 0.25) is 0 Å². The number of hydrogen-bond acceptors (Lipinski definition) is 0. The van der Waals surface area contributed by atoms with Crippen molar-refractivity contribution >= 4 is 115 Å². The first-order valence-electron chi connectivity index (χ1n) is 3.89. The zero-order valence-electron chi connectivity index (χ0n) is 8.85. The van der Waals surface area contributed by atoms with E-state index in [1.807, 2.05) is 0 Å². The van der Waals surface area contributed by atoms with E-state index < -0.39 is 0 Å². The Bertz CT molecular complexity index is 193. The first-order chi connectivity index (χ1) is 7.19. The molecule has 0 aliphatic rings. The largest absolute Gasteiger partial charge is 0.110 e. The Kier molecular flexibility index (Phi) is 14.7. The van der Waals surface area contributed by atoms with Crippen molar-refractivity contribution in [3.05, 3.63) is 0 Å². The predicted octanol–water partition coefficient (Wildman–Crippen LogP) is 7.42. The molecule has 0 spiro atoms. The van der Waals surface area contributed by atoms with Crippen LogP contribution in [0.4, 0.5) is 0 Å². The van der Waals surface area contributed by atoms with Crippen LogP contribution in [0.5, 0.6) is 0 Å². The highest BCUT2D eigenvalue weighted by Gasteiger charge is 2.33. The normalized spacial score (nSPS) is 20.7. The van der Waals surface area contributed by atoms with Crippen LogP contribution in [0.25, 0.3) is 0 Å². The van der Waals surface area contributed by atoms with Crippen molar-refractivity contribution in [2.45, 2.75) is 5.12 Å². The molecular formula is CH18P14. The van der Waals surface area contributed by atoms with Gasteiger partial charge in [0.15, 0.2) is 0 Å². The molecule has 0 saturated carbocycles. The summed E-state index contributed by atoms with van der Waals surface area (Å²) in [6, 6.07) is 0. The molecule has 0 amide bonds. The molecule has 92 valence electrons. The maximum atomic E-state index is 9.00. The van der Waals surface area contributed by atoms with Gasteiger partial charge in [-0.3, -0.25) is 0 Å². The minimum Gasteiger partial charge on any atom is -0.110 e. The van der Waals surface area contributed by atoms with Crippen LogP contribution in [0.15, 0.2) is 0 Å². The lowest BCUT2D eigenvalue weighted by Gasteiger charge is -2.38. The quantitative estimate of drug-likeness (QED) is 0.359. The number of rotatable bonds is 6. The molecule has 0 heterocycles. The molecule has 0 aromatic heterocycles. The molecule has 0 radical (unpaired) electrons. The van der Waals surface area contributed by atoms with E-state index >= 15 is 0 Å². The van der Waals surface area contributed by atoms with E-state index in [1.54, 1.807) is 0 Å². The second kappa shape index (κ2) is 11.6. The Morgan fingerprint density at radius 2 is 1.33 bits per heavy atom. The SMILES string of the molecule is [2H]C(P(P)P)(P(P)PP)P(P(P)P)P(P)P. The molecule has 11 atom stereocenters. The Labute approximate surface area is 121 Å². The van der Waals surface area contributed by atoms with Crippen LogP contribution in [0, 0.1) is 0 Å². The molecule has 0 aliphatic carbocycles. The lowest BCUT2D eigenvalue weighted by atomic mass is 11.9. The minimum atomic E-state index is -0.386. The minimum absolute atomic E-state index is 0.177. The van der Waals surface area contributed by atoms with Crippen LogP contribution in [-0.4, -0.2) is 5.12 Å². The van der Waals surface area contributed by atoms with Crippen molar-refractivity contribution in [2.24, 2.45) is 0 Å². The van der Waals surface area contributed by atoms with Crippen molar-refractivity contribution in [1.29, 1.82) is 0 Å². The Balaban J connectivity index is 5.29. The van der Waals surface area contributed by atoms with E-state index in [2.05, 4.69) is 71.4 Å². The van der Waals surface area contributed by atoms with Gasteiger partial charge in [0, 0.05) is 6.49 Å². The standard InChI is InChI=1S/CH18P14/c2-10-12(5)1(11(3)4)13(14(6)7)15(8)9/h1,10H,2-9H2/i1D. The summed E-state index contributed by atoms with van der Waals surface area (Å²) in [5.74, 6) is 0. The third kappa shape index (κ3) is 8.28. The predicted molar refractivity (Wildman–Crippen MR) is 124 cm³/mol. The van der Waals surface area contributed by atoms with Crippen molar-refractivity contribution in [3.63, 3.8) is 0 Å². The van der Waals surface area contributed by atoms with E-state index in [9.17, 15) is 0 Å². The van der Waals surface area contributed by atoms with Gasteiger partial charge in [-0.2, -0.15) is 0 Å². The molecule has 0 nitrogen and oxygen atoms in total. The fourth-order valence-corrected chi connectivity index (χ4v) is 76.6. The van der Waals surface area contributed by atoms with E-state index in [-0.39, 0.29) is 41.0 Å². The molecule has 0 rings (SSSR count). The van der Waals surface area contributed by atoms with Gasteiger partial charge in [0.25, 0.3) is 0 Å². The molecule has 11 unspecified atom stereocenters. The molecule has 0 aliphatic heterocycles. The van der Waals surface area contributed by atoms with Gasteiger partial charge in [-0.1, -0.05) is 15.3 Å². The summed E-state index contributed by atoms with van der Waals surface area (Å²) in [5.41, 5.74) is 0. The molecule has 0 fully saturated rings. The monoisotopic (exact) mass is 465 g/mol. The maximum absolute atomic E-state index is 9.00. The summed E-state index contributed by atoms with van der Waals surface area (Å²) in [4.78, 5) is 0. The van der Waals surface area contributed by atoms with E-state index in [0.717, 1.165) is 7.96 Å². The van der Waals surface area contributed by atoms with E-state index in [1.165, 1.54) is 0 Å². The second-order valence-electron chi connectivity index (χ2n) is 2.26. The van der Waals surface area contributed by atoms with Crippen LogP contribution in [0.1, 0.15) is 1.37 Å². The maximum Gasteiger partial charge on any atom is 0.0472 e. The molecule has 14 heteroatoms. The summed E-state index contributed by atoms with van der Waals surface area (Å²) in [6.45, 7) is -0.353. The van der Waals surface area contributed by atoms with Gasteiger partial charge in [0.1, 0.15) is 0 Å². The summed E-state index contributed by atoms with van der Waals surface area (Å²) < 4.78 is 9.00. The summed E-state index contributed by atoms with van der Waals surface area (Å²) >= 11 is 0. The van der Waals surface area contributed by atoms with E-state index in [0.29, 0.717) is 0 Å². The van der Waals surface area contributed by atoms with Gasteiger partial charge in [-0.25, -0.2) is 0 Å². The zero-order chi connectivity index (χ0) is 13.1. The Morgan fingerprint density at radius 1 is 0.933 bits per heavy atom. The van der Waals surface area contributed by atoms with Gasteiger partial charge in [0.2, 0.25) is 0 Å². The van der Waals surface area contributed by atoms with Crippen molar-refractivity contribution < 1.29 is 1.37 Å². The van der Waals surface area contributed by atoms with Crippen LogP contribution < -0.4 is 0 Å². The van der Waals surface area contributed by atoms with Crippen molar-refractivity contribution in [1.82, 2.24) is 0 Å². The lowest BCUT2D eigenvalue weighted by molar-refractivity contribution is 2.06. The summed E-state index contributed by atoms with van der Waals surface area (Å²) in [6.07, 6.45) is 0. The van der Waals surface area contributed by atoms with Crippen LogP contribution >= 0.6 is 115 Å². The summed E-state index contributed by atoms with van der Waals surface area (Å²) in [5, 5.41) is -0.232. The van der Waals surface area contributed by atoms with Gasteiger partial charge < -0.3 is 0 Å². The van der Waals surface area contributed by atoms with E-state index in [4.69, 9.17) is 1.37 Å². The number of hydrogen-bond donors (Lipinski definition) is 0. The second-order valence-corrected chi connectivity index (χ2v) is 42.9. The first kappa shape index (κ1) is 19.1. The molecule has 15 heavy (non-hydrogen) atoms. The fourth-order valence-electron chi connectivity index (χ4n) is 0.708. The topological polar surface area (TPSA) is 0 Å².